The minimum absolute atomic E-state index is 0.596. The van der Waals surface area contributed by atoms with Gasteiger partial charge < -0.3 is 4.57 Å². The Morgan fingerprint density at radius 3 is 2.42 bits per heavy atom. The summed E-state index contributed by atoms with van der Waals surface area (Å²) in [5.74, 6) is 0. The maximum Gasteiger partial charge on any atom is 0.188 e. The highest BCUT2D eigenvalue weighted by molar-refractivity contribution is 9.10. The van der Waals surface area contributed by atoms with E-state index in [0.717, 1.165) is 32.0 Å². The van der Waals surface area contributed by atoms with Crippen molar-refractivity contribution in [2.45, 2.75) is 0 Å². The third-order valence-electron chi connectivity index (χ3n) is 4.07. The van der Waals surface area contributed by atoms with Gasteiger partial charge in [-0.25, -0.2) is 4.85 Å². The van der Waals surface area contributed by atoms with Crippen LogP contribution in [0.25, 0.3) is 32.3 Å². The highest BCUT2D eigenvalue weighted by atomic mass is 79.9. The number of hydrogen-bond donors (Lipinski definition) is 0. The SMILES string of the molecule is [C-]#[N+]c1ccc2c(c1)c1cc(C#N)ccc1n2-c1cccc(Br)c1. The molecule has 3 nitrogen and oxygen atoms in total. The van der Waals surface area contributed by atoms with Crippen LogP contribution in [0.1, 0.15) is 5.56 Å². The van der Waals surface area contributed by atoms with Gasteiger partial charge in [0.15, 0.2) is 5.69 Å². The largest absolute Gasteiger partial charge is 0.309 e. The minimum atomic E-state index is 0.596. The first-order valence-electron chi connectivity index (χ1n) is 7.33. The van der Waals surface area contributed by atoms with E-state index < -0.39 is 0 Å². The molecule has 24 heavy (non-hydrogen) atoms. The Morgan fingerprint density at radius 1 is 0.958 bits per heavy atom. The van der Waals surface area contributed by atoms with E-state index in [4.69, 9.17) is 6.57 Å². The summed E-state index contributed by atoms with van der Waals surface area (Å²) in [6, 6.07) is 21.6. The van der Waals surface area contributed by atoms with Crippen LogP contribution >= 0.6 is 15.9 Å². The van der Waals surface area contributed by atoms with Crippen LogP contribution in [0.4, 0.5) is 5.69 Å². The smallest absolute Gasteiger partial charge is 0.188 e. The molecule has 0 fully saturated rings. The molecule has 0 atom stereocenters. The van der Waals surface area contributed by atoms with Crippen molar-refractivity contribution >= 4 is 43.4 Å². The van der Waals surface area contributed by atoms with Crippen LogP contribution in [0.15, 0.2) is 65.1 Å². The predicted molar refractivity (Wildman–Crippen MR) is 99.5 cm³/mol. The maximum atomic E-state index is 9.22. The average molecular weight is 372 g/mol. The van der Waals surface area contributed by atoms with Crippen LogP contribution in [0.3, 0.4) is 0 Å². The topological polar surface area (TPSA) is 33.1 Å². The molecule has 0 unspecified atom stereocenters. The standard InChI is InChI=1S/C20H10BrN3/c1-23-15-6-8-20-18(11-15)17-9-13(12-22)5-7-19(17)24(20)16-4-2-3-14(21)10-16/h2-11H. The van der Waals surface area contributed by atoms with Crippen molar-refractivity contribution in [3.8, 4) is 11.8 Å². The molecular weight excluding hydrogens is 362 g/mol. The molecule has 0 radical (unpaired) electrons. The van der Waals surface area contributed by atoms with E-state index in [0.29, 0.717) is 11.3 Å². The molecule has 0 saturated carbocycles. The number of nitrogens with zero attached hydrogens (tertiary/aromatic N) is 3. The fraction of sp³-hybridized carbons (Fsp3) is 0. The predicted octanol–water partition coefficient (Wildman–Crippen LogP) is 5.97. The van der Waals surface area contributed by atoms with Gasteiger partial charge in [-0.05, 0) is 53.9 Å². The number of hydrogen-bond acceptors (Lipinski definition) is 1. The van der Waals surface area contributed by atoms with Gasteiger partial charge in [0, 0.05) is 15.5 Å². The first kappa shape index (κ1) is 14.5. The zero-order valence-electron chi connectivity index (χ0n) is 12.5. The molecule has 0 saturated heterocycles. The molecule has 0 N–H and O–H groups in total. The molecule has 112 valence electrons. The van der Waals surface area contributed by atoms with Gasteiger partial charge >= 0.3 is 0 Å². The van der Waals surface area contributed by atoms with Crippen molar-refractivity contribution in [2.24, 2.45) is 0 Å². The van der Waals surface area contributed by atoms with Crippen molar-refractivity contribution in [1.29, 1.82) is 5.26 Å². The average Bonchev–Trinajstić information content (AvgIpc) is 2.94. The zero-order valence-corrected chi connectivity index (χ0v) is 14.1. The molecule has 0 amide bonds. The van der Waals surface area contributed by atoms with Gasteiger partial charge in [0.25, 0.3) is 0 Å². The summed E-state index contributed by atoms with van der Waals surface area (Å²) in [4.78, 5) is 3.53. The molecule has 4 rings (SSSR count). The molecule has 0 bridgehead atoms. The van der Waals surface area contributed by atoms with E-state index in [-0.39, 0.29) is 0 Å². The summed E-state index contributed by atoms with van der Waals surface area (Å²) < 4.78 is 3.16. The van der Waals surface area contributed by atoms with E-state index in [1.165, 1.54) is 0 Å². The van der Waals surface area contributed by atoms with E-state index >= 15 is 0 Å². The summed E-state index contributed by atoms with van der Waals surface area (Å²) in [6.07, 6.45) is 0. The molecular formula is C20H10BrN3. The quantitative estimate of drug-likeness (QED) is 0.379. The minimum Gasteiger partial charge on any atom is -0.309 e. The number of aromatic nitrogens is 1. The lowest BCUT2D eigenvalue weighted by atomic mass is 10.1. The van der Waals surface area contributed by atoms with Crippen molar-refractivity contribution in [1.82, 2.24) is 4.57 Å². The van der Waals surface area contributed by atoms with Crippen molar-refractivity contribution < 1.29 is 0 Å². The van der Waals surface area contributed by atoms with Crippen LogP contribution in [0, 0.1) is 17.9 Å². The summed E-state index contributed by atoms with van der Waals surface area (Å²) in [6.45, 7) is 7.26. The lowest BCUT2D eigenvalue weighted by molar-refractivity contribution is 1.18. The van der Waals surface area contributed by atoms with E-state index in [1.54, 1.807) is 0 Å². The zero-order chi connectivity index (χ0) is 16.7. The second-order valence-corrected chi connectivity index (χ2v) is 6.39. The molecule has 3 aromatic carbocycles. The summed E-state index contributed by atoms with van der Waals surface area (Å²) in [5.41, 5.74) is 4.28. The normalized spacial score (nSPS) is 10.6. The fourth-order valence-corrected chi connectivity index (χ4v) is 3.43. The Kier molecular flexibility index (Phi) is 3.34. The van der Waals surface area contributed by atoms with Crippen LogP contribution in [-0.2, 0) is 0 Å². The van der Waals surface area contributed by atoms with Gasteiger partial charge in [0.05, 0.1) is 29.2 Å². The van der Waals surface area contributed by atoms with Gasteiger partial charge in [-0.15, -0.1) is 0 Å². The van der Waals surface area contributed by atoms with Gasteiger partial charge in [0.1, 0.15) is 0 Å². The number of fused-ring (bicyclic) bond motifs is 3. The molecule has 0 aliphatic rings. The second-order valence-electron chi connectivity index (χ2n) is 5.47. The molecule has 0 aliphatic heterocycles. The molecule has 0 spiro atoms. The van der Waals surface area contributed by atoms with Gasteiger partial charge in [-0.2, -0.15) is 5.26 Å². The third-order valence-corrected chi connectivity index (χ3v) is 4.57. The molecule has 1 aromatic heterocycles. The van der Waals surface area contributed by atoms with Gasteiger partial charge in [-0.1, -0.05) is 28.1 Å². The van der Waals surface area contributed by atoms with Crippen molar-refractivity contribution in [2.75, 3.05) is 0 Å². The van der Waals surface area contributed by atoms with Crippen molar-refractivity contribution in [3.05, 3.63) is 82.1 Å². The first-order valence-corrected chi connectivity index (χ1v) is 8.12. The molecule has 1 heterocycles. The number of benzene rings is 3. The van der Waals surface area contributed by atoms with Crippen LogP contribution < -0.4 is 0 Å². The highest BCUT2D eigenvalue weighted by Crippen LogP contribution is 2.35. The highest BCUT2D eigenvalue weighted by Gasteiger charge is 2.13. The third kappa shape index (κ3) is 2.17. The van der Waals surface area contributed by atoms with Crippen LogP contribution in [0.2, 0.25) is 0 Å². The lowest BCUT2D eigenvalue weighted by Gasteiger charge is -2.08. The summed E-state index contributed by atoms with van der Waals surface area (Å²) >= 11 is 3.53. The molecule has 0 aliphatic carbocycles. The fourth-order valence-electron chi connectivity index (χ4n) is 3.04. The van der Waals surface area contributed by atoms with Crippen molar-refractivity contribution in [3.63, 3.8) is 0 Å². The number of halogens is 1. The van der Waals surface area contributed by atoms with Crippen LogP contribution in [0.5, 0.6) is 0 Å². The summed E-state index contributed by atoms with van der Waals surface area (Å²) in [5, 5.41) is 11.2. The summed E-state index contributed by atoms with van der Waals surface area (Å²) in [7, 11) is 0. The molecule has 4 aromatic rings. The van der Waals surface area contributed by atoms with E-state index in [2.05, 4.69) is 37.5 Å². The Labute approximate surface area is 147 Å². The Morgan fingerprint density at radius 2 is 1.71 bits per heavy atom. The Bertz CT molecular complexity index is 1120. The van der Waals surface area contributed by atoms with Crippen LogP contribution in [-0.4, -0.2) is 4.57 Å². The van der Waals surface area contributed by atoms with E-state index in [1.807, 2.05) is 54.6 Å². The lowest BCUT2D eigenvalue weighted by Crippen LogP contribution is -1.93. The van der Waals surface area contributed by atoms with Gasteiger partial charge in [-0.3, -0.25) is 0 Å². The first-order chi connectivity index (χ1) is 11.7. The van der Waals surface area contributed by atoms with Gasteiger partial charge in [0.2, 0.25) is 0 Å². The monoisotopic (exact) mass is 371 g/mol. The number of nitriles is 1. The molecule has 4 heteroatoms. The second kappa shape index (κ2) is 5.53. The van der Waals surface area contributed by atoms with E-state index in [9.17, 15) is 5.26 Å². The Balaban J connectivity index is 2.19. The maximum absolute atomic E-state index is 9.22. The number of rotatable bonds is 1. The Hall–Kier alpha value is -3.08.